The van der Waals surface area contributed by atoms with Gasteiger partial charge in [0.2, 0.25) is 0 Å². The first-order valence-electron chi connectivity index (χ1n) is 10.2. The maximum atomic E-state index is 13.6. The fourth-order valence-corrected chi connectivity index (χ4v) is 4.08. The molecule has 35 heavy (non-hydrogen) atoms. The van der Waals surface area contributed by atoms with E-state index in [2.05, 4.69) is 5.32 Å². The second-order valence-corrected chi connectivity index (χ2v) is 8.61. The van der Waals surface area contributed by atoms with Crippen molar-refractivity contribution in [1.82, 2.24) is 9.88 Å². The van der Waals surface area contributed by atoms with Crippen LogP contribution < -0.4 is 10.9 Å². The van der Waals surface area contributed by atoms with E-state index in [1.165, 1.54) is 56.4 Å². The van der Waals surface area contributed by atoms with Crippen LogP contribution in [0.2, 0.25) is 10.0 Å². The summed E-state index contributed by atoms with van der Waals surface area (Å²) in [5.74, 6) is -2.13. The van der Waals surface area contributed by atoms with Gasteiger partial charge in [-0.3, -0.25) is 9.59 Å². The summed E-state index contributed by atoms with van der Waals surface area (Å²) in [6.45, 7) is 1.40. The number of alkyl halides is 3. The summed E-state index contributed by atoms with van der Waals surface area (Å²) >= 11 is 12.0. The van der Waals surface area contributed by atoms with Gasteiger partial charge in [-0.15, -0.1) is 0 Å². The van der Waals surface area contributed by atoms with Gasteiger partial charge in [0.15, 0.2) is 0 Å². The molecule has 0 radical (unpaired) electrons. The van der Waals surface area contributed by atoms with Crippen LogP contribution >= 0.6 is 23.2 Å². The molecule has 2 N–H and O–H groups in total. The molecule has 2 aromatic carbocycles. The predicted molar refractivity (Wildman–Crippen MR) is 126 cm³/mol. The number of nitrogens with one attached hydrogen (secondary N) is 1. The van der Waals surface area contributed by atoms with Crippen molar-refractivity contribution in [1.29, 1.82) is 0 Å². The molecule has 184 valence electrons. The Labute approximate surface area is 207 Å². The normalized spacial score (nSPS) is 12.3. The summed E-state index contributed by atoms with van der Waals surface area (Å²) in [5, 5.41) is 12.0. The highest BCUT2D eigenvalue weighted by Crippen LogP contribution is 2.36. The Morgan fingerprint density at radius 3 is 2.17 bits per heavy atom. The molecule has 1 unspecified atom stereocenters. The molecule has 1 aromatic heterocycles. The number of benzene rings is 2. The van der Waals surface area contributed by atoms with Crippen LogP contribution in [-0.4, -0.2) is 27.6 Å². The Balaban J connectivity index is 1.90. The number of carboxylic acid groups (broad SMARTS) is 1. The molecule has 6 nitrogen and oxygen atoms in total. The highest BCUT2D eigenvalue weighted by molar-refractivity contribution is 6.39. The van der Waals surface area contributed by atoms with E-state index < -0.39 is 40.8 Å². The molecule has 3 rings (SSSR count). The molecule has 1 amide bonds. The maximum Gasteiger partial charge on any atom is 0.417 e. The van der Waals surface area contributed by atoms with Crippen molar-refractivity contribution in [3.05, 3.63) is 91.3 Å². The van der Waals surface area contributed by atoms with Gasteiger partial charge in [-0.05, 0) is 36.2 Å². The lowest BCUT2D eigenvalue weighted by molar-refractivity contribution is -0.139. The Morgan fingerprint density at radius 2 is 1.66 bits per heavy atom. The highest BCUT2D eigenvalue weighted by Gasteiger charge is 2.36. The molecule has 1 heterocycles. The fraction of sp³-hybridized carbons (Fsp3) is 0.208. The van der Waals surface area contributed by atoms with Crippen molar-refractivity contribution in [2.45, 2.75) is 25.6 Å². The van der Waals surface area contributed by atoms with E-state index in [4.69, 9.17) is 23.2 Å². The summed E-state index contributed by atoms with van der Waals surface area (Å²) in [7, 11) is 1.38. The van der Waals surface area contributed by atoms with E-state index in [9.17, 15) is 32.7 Å². The van der Waals surface area contributed by atoms with E-state index in [-0.39, 0.29) is 33.3 Å². The van der Waals surface area contributed by atoms with Crippen LogP contribution in [0.25, 0.3) is 11.1 Å². The number of aromatic nitrogens is 1. The number of aryl methyl sites for hydroxylation is 1. The number of hydrogen-bond acceptors (Lipinski definition) is 3. The lowest BCUT2D eigenvalue weighted by atomic mass is 9.97. The van der Waals surface area contributed by atoms with Crippen LogP contribution in [0.1, 0.15) is 27.2 Å². The molecule has 0 spiro atoms. The number of carbonyl (C=O) groups is 2. The smallest absolute Gasteiger partial charge is 0.417 e. The standard InChI is InChI=1S/C24H19Cl2F3N2O4/c1-12-10-15(24(27,28)29)19(22(33)31(12)2)14-8-6-13(7-9-14)11-18(23(34)35)30-21(32)20-16(25)4-3-5-17(20)26/h3-10,18H,11H2,1-2H3,(H,30,32)(H,34,35). The minimum atomic E-state index is -4.75. The molecule has 3 aromatic rings. The molecule has 1 atom stereocenters. The number of pyridine rings is 1. The van der Waals surface area contributed by atoms with Gasteiger partial charge in [-0.2, -0.15) is 13.2 Å². The highest BCUT2D eigenvalue weighted by atomic mass is 35.5. The Morgan fingerprint density at radius 1 is 1.09 bits per heavy atom. The van der Waals surface area contributed by atoms with E-state index in [1.807, 2.05) is 0 Å². The topological polar surface area (TPSA) is 88.4 Å². The lowest BCUT2D eigenvalue weighted by Crippen LogP contribution is -2.42. The third-order valence-corrected chi connectivity index (χ3v) is 6.08. The largest absolute Gasteiger partial charge is 0.480 e. The third-order valence-electron chi connectivity index (χ3n) is 5.45. The third kappa shape index (κ3) is 5.68. The number of rotatable bonds is 6. The number of carboxylic acids is 1. The summed E-state index contributed by atoms with van der Waals surface area (Å²) < 4.78 is 42.0. The fourth-order valence-electron chi connectivity index (χ4n) is 3.51. The molecule has 11 heteroatoms. The Hall–Kier alpha value is -3.30. The van der Waals surface area contributed by atoms with Crippen molar-refractivity contribution in [2.24, 2.45) is 7.05 Å². The summed E-state index contributed by atoms with van der Waals surface area (Å²) in [6, 6.07) is 9.34. The molecule has 0 fully saturated rings. The zero-order valence-corrected chi connectivity index (χ0v) is 19.9. The van der Waals surface area contributed by atoms with Crippen molar-refractivity contribution in [3.8, 4) is 11.1 Å². The monoisotopic (exact) mass is 526 g/mol. The lowest BCUT2D eigenvalue weighted by Gasteiger charge is -2.17. The van der Waals surface area contributed by atoms with Gasteiger partial charge < -0.3 is 15.0 Å². The summed E-state index contributed by atoms with van der Waals surface area (Å²) in [5.41, 5.74) is -1.86. The van der Waals surface area contributed by atoms with Crippen LogP contribution in [0.5, 0.6) is 0 Å². The van der Waals surface area contributed by atoms with Crippen LogP contribution in [-0.2, 0) is 24.4 Å². The van der Waals surface area contributed by atoms with E-state index in [0.717, 1.165) is 10.6 Å². The molecule has 0 aliphatic heterocycles. The molecule has 0 saturated heterocycles. The van der Waals surface area contributed by atoms with Gasteiger partial charge in [0.05, 0.1) is 26.7 Å². The van der Waals surface area contributed by atoms with Crippen LogP contribution in [0, 0.1) is 6.92 Å². The minimum absolute atomic E-state index is 0.0282. The molecular formula is C24H19Cl2F3N2O4. The van der Waals surface area contributed by atoms with Gasteiger partial charge in [0.25, 0.3) is 11.5 Å². The minimum Gasteiger partial charge on any atom is -0.480 e. The van der Waals surface area contributed by atoms with Crippen molar-refractivity contribution in [2.75, 3.05) is 0 Å². The first-order chi connectivity index (χ1) is 16.3. The Bertz CT molecular complexity index is 1330. The van der Waals surface area contributed by atoms with Gasteiger partial charge >= 0.3 is 12.1 Å². The van der Waals surface area contributed by atoms with Crippen molar-refractivity contribution in [3.63, 3.8) is 0 Å². The average molecular weight is 527 g/mol. The zero-order chi connectivity index (χ0) is 26.1. The number of amides is 1. The molecular weight excluding hydrogens is 508 g/mol. The quantitative estimate of drug-likeness (QED) is 0.467. The van der Waals surface area contributed by atoms with Crippen molar-refractivity contribution < 1.29 is 27.9 Å². The molecule has 0 saturated carbocycles. The predicted octanol–water partition coefficient (Wildman–Crippen LogP) is 5.11. The van der Waals surface area contributed by atoms with Gasteiger partial charge in [-0.1, -0.05) is 53.5 Å². The number of halogens is 5. The van der Waals surface area contributed by atoms with E-state index in [0.29, 0.717) is 5.56 Å². The second-order valence-electron chi connectivity index (χ2n) is 7.80. The van der Waals surface area contributed by atoms with Crippen LogP contribution in [0.15, 0.2) is 53.3 Å². The zero-order valence-electron chi connectivity index (χ0n) is 18.4. The van der Waals surface area contributed by atoms with Crippen LogP contribution in [0.3, 0.4) is 0 Å². The van der Waals surface area contributed by atoms with Gasteiger partial charge in [0.1, 0.15) is 6.04 Å². The first kappa shape index (κ1) is 26.3. The van der Waals surface area contributed by atoms with Gasteiger partial charge in [-0.25, -0.2) is 4.79 Å². The summed E-state index contributed by atoms with van der Waals surface area (Å²) in [4.78, 5) is 37.0. The first-order valence-corrected chi connectivity index (χ1v) is 10.9. The van der Waals surface area contributed by atoms with Crippen LogP contribution in [0.4, 0.5) is 13.2 Å². The summed E-state index contributed by atoms with van der Waals surface area (Å²) in [6.07, 6.45) is -4.92. The molecule has 0 aliphatic rings. The average Bonchev–Trinajstić information content (AvgIpc) is 2.76. The van der Waals surface area contributed by atoms with E-state index >= 15 is 0 Å². The SMILES string of the molecule is Cc1cc(C(F)(F)F)c(-c2ccc(CC(NC(=O)c3c(Cl)cccc3Cl)C(=O)O)cc2)c(=O)n1C. The van der Waals surface area contributed by atoms with Crippen molar-refractivity contribution >= 4 is 35.1 Å². The molecule has 0 aliphatic carbocycles. The maximum absolute atomic E-state index is 13.6. The number of nitrogens with zero attached hydrogens (tertiary/aromatic N) is 1. The number of aliphatic carboxylic acids is 1. The number of carbonyl (C=O) groups excluding carboxylic acids is 1. The van der Waals surface area contributed by atoms with Gasteiger partial charge in [0, 0.05) is 19.2 Å². The molecule has 0 bridgehead atoms. The van der Waals surface area contributed by atoms with E-state index in [1.54, 1.807) is 0 Å². The number of hydrogen-bond donors (Lipinski definition) is 2. The second kappa shape index (κ2) is 10.1. The Kier molecular flexibility index (Phi) is 7.62.